The molecule has 0 radical (unpaired) electrons. The molecule has 1 atom stereocenters. The fourth-order valence-electron chi connectivity index (χ4n) is 3.07. The number of para-hydroxylation sites is 1. The van der Waals surface area contributed by atoms with Gasteiger partial charge in [0.25, 0.3) is 5.91 Å². The number of carbonyl (C=O) groups excluding carboxylic acids is 1. The second kappa shape index (κ2) is 7.76. The van der Waals surface area contributed by atoms with Crippen molar-refractivity contribution in [2.75, 3.05) is 0 Å². The van der Waals surface area contributed by atoms with Crippen LogP contribution < -0.4 is 10.2 Å². The van der Waals surface area contributed by atoms with E-state index >= 15 is 0 Å². The number of hydrazone groups is 1. The van der Waals surface area contributed by atoms with Gasteiger partial charge in [-0.3, -0.25) is 4.79 Å². The lowest BCUT2D eigenvalue weighted by atomic mass is 9.96. The minimum Gasteiger partial charge on any atom is -0.485 e. The molecule has 1 aliphatic heterocycles. The van der Waals surface area contributed by atoms with Gasteiger partial charge in [-0.1, -0.05) is 54.6 Å². The van der Waals surface area contributed by atoms with Gasteiger partial charge in [-0.05, 0) is 45.8 Å². The molecule has 0 saturated carbocycles. The number of benzene rings is 3. The third kappa shape index (κ3) is 3.78. The van der Waals surface area contributed by atoms with Gasteiger partial charge in [0.1, 0.15) is 11.9 Å². The Kier molecular flexibility index (Phi) is 5.03. The summed E-state index contributed by atoms with van der Waals surface area (Å²) in [4.78, 5) is 12.5. The maximum Gasteiger partial charge on any atom is 0.272 e. The minimum absolute atomic E-state index is 0.139. The van der Waals surface area contributed by atoms with E-state index in [2.05, 4.69) is 26.5 Å². The number of nitrogens with zero attached hydrogens (tertiary/aromatic N) is 1. The van der Waals surface area contributed by atoms with Crippen LogP contribution >= 0.6 is 15.9 Å². The first-order chi connectivity index (χ1) is 13.2. The molecule has 4 rings (SSSR count). The Hall–Kier alpha value is -2.92. The monoisotopic (exact) mass is 420 g/mol. The first-order valence-corrected chi connectivity index (χ1v) is 9.44. The number of rotatable bonds is 3. The van der Waals surface area contributed by atoms with Gasteiger partial charge in [0.2, 0.25) is 0 Å². The fraction of sp³-hybridized carbons (Fsp3) is 0.0909. The summed E-state index contributed by atoms with van der Waals surface area (Å²) in [6.07, 6.45) is 0.442. The summed E-state index contributed by atoms with van der Waals surface area (Å²) in [6, 6.07) is 25.1. The Bertz CT molecular complexity index is 1000. The molecule has 0 spiro atoms. The van der Waals surface area contributed by atoms with Crippen molar-refractivity contribution in [3.63, 3.8) is 0 Å². The van der Waals surface area contributed by atoms with Crippen LogP contribution in [0.15, 0.2) is 88.4 Å². The lowest BCUT2D eigenvalue weighted by Crippen LogP contribution is -2.25. The molecule has 1 aliphatic rings. The number of halogens is 1. The van der Waals surface area contributed by atoms with Crippen LogP contribution in [0.3, 0.4) is 0 Å². The van der Waals surface area contributed by atoms with E-state index < -0.39 is 0 Å². The third-order valence-electron chi connectivity index (χ3n) is 4.43. The normalized spacial score (nSPS) is 17.1. The number of carbonyl (C=O) groups is 1. The average molecular weight is 421 g/mol. The van der Waals surface area contributed by atoms with Crippen molar-refractivity contribution < 1.29 is 9.53 Å². The molecule has 5 heteroatoms. The van der Waals surface area contributed by atoms with Crippen LogP contribution in [0.5, 0.6) is 5.75 Å². The van der Waals surface area contributed by atoms with E-state index in [0.29, 0.717) is 12.0 Å². The molecule has 3 aromatic rings. The SMILES string of the molecule is O=C(N/N=C1/CC(c2ccccc2)Oc2ccccc21)c1ccccc1Br. The molecule has 134 valence electrons. The Morgan fingerprint density at radius 1 is 0.963 bits per heavy atom. The largest absolute Gasteiger partial charge is 0.485 e. The molecular formula is C22H17BrN2O2. The molecule has 1 heterocycles. The summed E-state index contributed by atoms with van der Waals surface area (Å²) in [6.45, 7) is 0. The molecule has 4 nitrogen and oxygen atoms in total. The van der Waals surface area contributed by atoms with Crippen LogP contribution in [-0.4, -0.2) is 11.6 Å². The Labute approximate surface area is 166 Å². The van der Waals surface area contributed by atoms with Crippen molar-refractivity contribution >= 4 is 27.5 Å². The Balaban J connectivity index is 1.63. The topological polar surface area (TPSA) is 50.7 Å². The highest BCUT2D eigenvalue weighted by Crippen LogP contribution is 2.34. The number of hydrogen-bond donors (Lipinski definition) is 1. The molecule has 0 bridgehead atoms. The zero-order chi connectivity index (χ0) is 18.6. The van der Waals surface area contributed by atoms with Gasteiger partial charge in [-0.15, -0.1) is 0 Å². The number of hydrogen-bond acceptors (Lipinski definition) is 3. The summed E-state index contributed by atoms with van der Waals surface area (Å²) in [5.74, 6) is 0.515. The number of nitrogens with one attached hydrogen (secondary N) is 1. The number of ether oxygens (including phenoxy) is 1. The summed E-state index contributed by atoms with van der Waals surface area (Å²) in [5.41, 5.74) is 6.01. The van der Waals surface area contributed by atoms with E-state index in [9.17, 15) is 4.79 Å². The van der Waals surface area contributed by atoms with Gasteiger partial charge in [0, 0.05) is 16.5 Å². The maximum absolute atomic E-state index is 12.5. The summed E-state index contributed by atoms with van der Waals surface area (Å²) >= 11 is 3.40. The van der Waals surface area contributed by atoms with E-state index in [1.807, 2.05) is 72.8 Å². The third-order valence-corrected chi connectivity index (χ3v) is 5.12. The molecule has 0 aliphatic carbocycles. The van der Waals surface area contributed by atoms with E-state index in [1.54, 1.807) is 6.07 Å². The average Bonchev–Trinajstić information content (AvgIpc) is 2.72. The Morgan fingerprint density at radius 2 is 1.67 bits per heavy atom. The van der Waals surface area contributed by atoms with Crippen LogP contribution in [-0.2, 0) is 0 Å². The molecule has 3 aromatic carbocycles. The quantitative estimate of drug-likeness (QED) is 0.598. The van der Waals surface area contributed by atoms with Gasteiger partial charge in [-0.25, -0.2) is 5.43 Å². The molecule has 0 fully saturated rings. The Morgan fingerprint density at radius 3 is 2.48 bits per heavy atom. The highest BCUT2D eigenvalue weighted by molar-refractivity contribution is 9.10. The van der Waals surface area contributed by atoms with Gasteiger partial charge >= 0.3 is 0 Å². The van der Waals surface area contributed by atoms with Crippen LogP contribution in [0.4, 0.5) is 0 Å². The van der Waals surface area contributed by atoms with Crippen LogP contribution in [0.2, 0.25) is 0 Å². The first-order valence-electron chi connectivity index (χ1n) is 8.65. The zero-order valence-corrected chi connectivity index (χ0v) is 16.0. The van der Waals surface area contributed by atoms with Crippen molar-refractivity contribution in [2.24, 2.45) is 5.10 Å². The lowest BCUT2D eigenvalue weighted by molar-refractivity contribution is 0.0953. The van der Waals surface area contributed by atoms with Crippen LogP contribution in [0, 0.1) is 0 Å². The summed E-state index contributed by atoms with van der Waals surface area (Å²) < 4.78 is 6.89. The van der Waals surface area contributed by atoms with Crippen LogP contribution in [0.25, 0.3) is 0 Å². The van der Waals surface area contributed by atoms with Gasteiger partial charge < -0.3 is 4.74 Å². The zero-order valence-electron chi connectivity index (χ0n) is 14.4. The van der Waals surface area contributed by atoms with Gasteiger partial charge in [-0.2, -0.15) is 5.10 Å². The van der Waals surface area contributed by atoms with Crippen molar-refractivity contribution in [2.45, 2.75) is 12.5 Å². The van der Waals surface area contributed by atoms with Crippen LogP contribution in [0.1, 0.15) is 34.0 Å². The van der Waals surface area contributed by atoms with Crippen molar-refractivity contribution in [3.05, 3.63) is 100 Å². The second-order valence-electron chi connectivity index (χ2n) is 6.20. The number of fused-ring (bicyclic) bond motifs is 1. The van der Waals surface area contributed by atoms with Crippen molar-refractivity contribution in [1.82, 2.24) is 5.43 Å². The number of amides is 1. The summed E-state index contributed by atoms with van der Waals surface area (Å²) in [7, 11) is 0. The van der Waals surface area contributed by atoms with E-state index in [0.717, 1.165) is 27.1 Å². The standard InChI is InChI=1S/C22H17BrN2O2/c23-18-12-6-4-10-16(18)22(26)25-24-19-14-21(15-8-2-1-3-9-15)27-20-13-7-5-11-17(19)20/h1-13,21H,14H2,(H,25,26)/b24-19-. The van der Waals surface area contributed by atoms with E-state index in [-0.39, 0.29) is 12.0 Å². The molecule has 1 N–H and O–H groups in total. The van der Waals surface area contributed by atoms with Crippen molar-refractivity contribution in [3.8, 4) is 5.75 Å². The van der Waals surface area contributed by atoms with E-state index in [4.69, 9.17) is 4.74 Å². The maximum atomic E-state index is 12.5. The predicted octanol–water partition coefficient (Wildman–Crippen LogP) is 5.11. The minimum atomic E-state index is -0.254. The molecular weight excluding hydrogens is 404 g/mol. The van der Waals surface area contributed by atoms with Gasteiger partial charge in [0.15, 0.2) is 0 Å². The highest BCUT2D eigenvalue weighted by Gasteiger charge is 2.26. The fourth-order valence-corrected chi connectivity index (χ4v) is 3.54. The smallest absolute Gasteiger partial charge is 0.272 e. The van der Waals surface area contributed by atoms with E-state index in [1.165, 1.54) is 0 Å². The lowest BCUT2D eigenvalue weighted by Gasteiger charge is -2.27. The molecule has 27 heavy (non-hydrogen) atoms. The summed E-state index contributed by atoms with van der Waals surface area (Å²) in [5, 5.41) is 4.43. The molecule has 1 amide bonds. The molecule has 0 saturated heterocycles. The van der Waals surface area contributed by atoms with Crippen molar-refractivity contribution in [1.29, 1.82) is 0 Å². The molecule has 0 aromatic heterocycles. The highest BCUT2D eigenvalue weighted by atomic mass is 79.9. The molecule has 1 unspecified atom stereocenters. The predicted molar refractivity (Wildman–Crippen MR) is 109 cm³/mol. The first kappa shape index (κ1) is 17.5. The van der Waals surface area contributed by atoms with Gasteiger partial charge in [0.05, 0.1) is 11.3 Å². The second-order valence-corrected chi connectivity index (χ2v) is 7.05.